The molecule has 1 rings (SSSR count). The first-order valence-corrected chi connectivity index (χ1v) is 19.7. The van der Waals surface area contributed by atoms with Crippen molar-refractivity contribution in [2.45, 2.75) is 175 Å². The van der Waals surface area contributed by atoms with Crippen LogP contribution in [0.3, 0.4) is 0 Å². The molecule has 304 valence electrons. The van der Waals surface area contributed by atoms with Crippen LogP contribution in [0, 0.1) is 17.8 Å². The van der Waals surface area contributed by atoms with Crippen LogP contribution in [0.2, 0.25) is 0 Å². The van der Waals surface area contributed by atoms with Gasteiger partial charge >= 0.3 is 0 Å². The molecule has 0 saturated carbocycles. The molecular weight excluding hydrogens is 682 g/mol. The highest BCUT2D eigenvalue weighted by Crippen LogP contribution is 2.21. The Balaban J connectivity index is 3.65. The van der Waals surface area contributed by atoms with Gasteiger partial charge in [0.25, 0.3) is 5.91 Å². The van der Waals surface area contributed by atoms with Crippen molar-refractivity contribution >= 4 is 35.4 Å². The lowest BCUT2D eigenvalue weighted by Gasteiger charge is -2.36. The number of hydrogen-bond acceptors (Lipinski definition) is 9. The van der Waals surface area contributed by atoms with Crippen molar-refractivity contribution in [3.63, 3.8) is 0 Å². The molecule has 8 atom stereocenters. The van der Waals surface area contributed by atoms with E-state index in [1.807, 2.05) is 13.8 Å². The summed E-state index contributed by atoms with van der Waals surface area (Å²) in [5.41, 5.74) is 0. The van der Waals surface area contributed by atoms with Crippen molar-refractivity contribution in [1.82, 2.24) is 26.2 Å². The molecule has 0 aromatic carbocycles. The lowest BCUT2D eigenvalue weighted by atomic mass is 9.93. The van der Waals surface area contributed by atoms with Gasteiger partial charge in [0, 0.05) is 0 Å². The second-order valence-corrected chi connectivity index (χ2v) is 15.4. The Morgan fingerprint density at radius 1 is 0.717 bits per heavy atom. The first kappa shape index (κ1) is 47.7. The standard InChI is InChI=1S/C39H69N5O9/c1-9-11-12-13-14-15-16-17-18-19-28(47)22-32(48)44-31(21-25(5)6)37(51)41-30(23-45)36(50)43-34(27(8)46)38(52)40-29(20-24(3)4)35(49)42-33(39(44)53)26(7)10-2/h15-16,24-31,33-34,45-47H,9-14,17-23H2,1-8H3,(H,40,52)(H,41,51)(H,42,49)(H,43,50). The van der Waals surface area contributed by atoms with Crippen LogP contribution in [-0.2, 0) is 28.8 Å². The van der Waals surface area contributed by atoms with Crippen molar-refractivity contribution < 1.29 is 44.1 Å². The molecule has 8 unspecified atom stereocenters. The van der Waals surface area contributed by atoms with E-state index in [9.17, 15) is 44.1 Å². The van der Waals surface area contributed by atoms with E-state index in [2.05, 4.69) is 40.3 Å². The normalized spacial score (nSPS) is 24.3. The average molecular weight is 752 g/mol. The number of amides is 6. The third-order valence-electron chi connectivity index (χ3n) is 9.52. The Morgan fingerprint density at radius 3 is 1.83 bits per heavy atom. The number of hydrogen-bond donors (Lipinski definition) is 7. The molecule has 6 amide bonds. The van der Waals surface area contributed by atoms with E-state index in [0.717, 1.165) is 17.7 Å². The summed E-state index contributed by atoms with van der Waals surface area (Å²) < 4.78 is 0. The van der Waals surface area contributed by atoms with Gasteiger partial charge in [0.15, 0.2) is 0 Å². The smallest absolute Gasteiger partial charge is 0.252 e. The quantitative estimate of drug-likeness (QED) is 0.0762. The molecule has 1 aliphatic heterocycles. The number of nitrogens with zero attached hydrogens (tertiary/aromatic N) is 1. The van der Waals surface area contributed by atoms with Gasteiger partial charge in [-0.05, 0) is 69.6 Å². The molecule has 53 heavy (non-hydrogen) atoms. The second-order valence-electron chi connectivity index (χ2n) is 15.4. The Morgan fingerprint density at radius 2 is 1.28 bits per heavy atom. The SMILES string of the molecule is CCCCCCC=CCCCC(O)CC(=O)N1C(=O)C(C(C)CC)NC(=O)C(CC(C)C)NC(=O)C(C(C)O)NC(=O)C(CO)NC(=O)C1CC(C)C. The molecule has 1 saturated heterocycles. The zero-order valence-electron chi connectivity index (χ0n) is 33.4. The van der Waals surface area contributed by atoms with Gasteiger partial charge in [0.1, 0.15) is 30.2 Å². The predicted octanol–water partition coefficient (Wildman–Crippen LogP) is 2.62. The van der Waals surface area contributed by atoms with Gasteiger partial charge in [0.2, 0.25) is 29.5 Å². The van der Waals surface area contributed by atoms with Gasteiger partial charge in [-0.25, -0.2) is 0 Å². The molecule has 0 spiro atoms. The van der Waals surface area contributed by atoms with Crippen LogP contribution < -0.4 is 21.3 Å². The first-order chi connectivity index (χ1) is 25.0. The van der Waals surface area contributed by atoms with Gasteiger partial charge in [-0.15, -0.1) is 0 Å². The number of carbonyl (C=O) groups excluding carboxylic acids is 6. The molecule has 0 aliphatic carbocycles. The van der Waals surface area contributed by atoms with E-state index in [0.29, 0.717) is 19.3 Å². The summed E-state index contributed by atoms with van der Waals surface area (Å²) in [5, 5.41) is 41.7. The molecule has 0 bridgehead atoms. The summed E-state index contributed by atoms with van der Waals surface area (Å²) in [6.07, 6.45) is 8.88. The largest absolute Gasteiger partial charge is 0.394 e. The highest BCUT2D eigenvalue weighted by molar-refractivity contribution is 6.05. The minimum atomic E-state index is -1.62. The van der Waals surface area contributed by atoms with Crippen molar-refractivity contribution in [2.75, 3.05) is 6.61 Å². The predicted molar refractivity (Wildman–Crippen MR) is 203 cm³/mol. The Labute approximate surface area is 316 Å². The van der Waals surface area contributed by atoms with Gasteiger partial charge in [0.05, 0.1) is 25.2 Å². The van der Waals surface area contributed by atoms with Crippen molar-refractivity contribution in [1.29, 1.82) is 0 Å². The first-order valence-electron chi connectivity index (χ1n) is 19.7. The summed E-state index contributed by atoms with van der Waals surface area (Å²) >= 11 is 0. The van der Waals surface area contributed by atoms with Crippen LogP contribution >= 0.6 is 0 Å². The average Bonchev–Trinajstić information content (AvgIpc) is 3.08. The summed E-state index contributed by atoms with van der Waals surface area (Å²) in [7, 11) is 0. The summed E-state index contributed by atoms with van der Waals surface area (Å²) in [4.78, 5) is 84.3. The van der Waals surface area contributed by atoms with Crippen LogP contribution in [0.15, 0.2) is 12.2 Å². The second kappa shape index (κ2) is 24.9. The minimum Gasteiger partial charge on any atom is -0.394 e. The minimum absolute atomic E-state index is 0.0320. The molecule has 1 heterocycles. The Hall–Kier alpha value is -3.36. The molecular formula is C39H69N5O9. The van der Waals surface area contributed by atoms with Crippen molar-refractivity contribution in [3.05, 3.63) is 12.2 Å². The monoisotopic (exact) mass is 752 g/mol. The van der Waals surface area contributed by atoms with Gasteiger partial charge in [-0.3, -0.25) is 33.7 Å². The van der Waals surface area contributed by atoms with Gasteiger partial charge in [-0.2, -0.15) is 0 Å². The molecule has 0 aromatic heterocycles. The van der Waals surface area contributed by atoms with Crippen molar-refractivity contribution in [3.8, 4) is 0 Å². The number of imide groups is 1. The van der Waals surface area contributed by atoms with Crippen LogP contribution in [0.4, 0.5) is 0 Å². The number of carbonyl (C=O) groups is 6. The number of aliphatic hydroxyl groups is 3. The van der Waals surface area contributed by atoms with Crippen LogP contribution in [0.5, 0.6) is 0 Å². The third-order valence-corrected chi connectivity index (χ3v) is 9.52. The molecule has 7 N–H and O–H groups in total. The topological polar surface area (TPSA) is 214 Å². The molecule has 0 radical (unpaired) electrons. The fourth-order valence-electron chi connectivity index (χ4n) is 6.20. The summed E-state index contributed by atoms with van der Waals surface area (Å²) in [6.45, 7) is 13.3. The van der Waals surface area contributed by atoms with Crippen LogP contribution in [0.25, 0.3) is 0 Å². The van der Waals surface area contributed by atoms with Crippen molar-refractivity contribution in [2.24, 2.45) is 17.8 Å². The fraction of sp³-hybridized carbons (Fsp3) is 0.795. The summed E-state index contributed by atoms with van der Waals surface area (Å²) in [5.74, 6) is -6.12. The zero-order chi connectivity index (χ0) is 40.2. The zero-order valence-corrected chi connectivity index (χ0v) is 33.4. The maximum absolute atomic E-state index is 14.6. The molecule has 0 aromatic rings. The summed E-state index contributed by atoms with van der Waals surface area (Å²) in [6, 6.07) is -7.16. The number of nitrogens with one attached hydrogen (secondary N) is 4. The molecule has 14 nitrogen and oxygen atoms in total. The highest BCUT2D eigenvalue weighted by atomic mass is 16.3. The Kier molecular flexibility index (Phi) is 22.4. The molecule has 14 heteroatoms. The lowest BCUT2D eigenvalue weighted by Crippen LogP contribution is -2.62. The van der Waals surface area contributed by atoms with E-state index in [-0.39, 0.29) is 31.1 Å². The number of rotatable bonds is 19. The Bertz CT molecular complexity index is 1210. The number of unbranched alkanes of at least 4 members (excludes halogenated alkanes) is 5. The number of allylic oxidation sites excluding steroid dienone is 2. The van der Waals surface area contributed by atoms with E-state index >= 15 is 0 Å². The molecule has 1 fully saturated rings. The molecule has 1 aliphatic rings. The number of aliphatic hydroxyl groups excluding tert-OH is 3. The van der Waals surface area contributed by atoms with Gasteiger partial charge in [-0.1, -0.05) is 86.3 Å². The maximum atomic E-state index is 14.6. The highest BCUT2D eigenvalue weighted by Gasteiger charge is 2.43. The van der Waals surface area contributed by atoms with E-state index in [1.54, 1.807) is 27.7 Å². The van der Waals surface area contributed by atoms with Crippen LogP contribution in [0.1, 0.15) is 132 Å². The van der Waals surface area contributed by atoms with E-state index in [1.165, 1.54) is 26.2 Å². The fourth-order valence-corrected chi connectivity index (χ4v) is 6.20. The van der Waals surface area contributed by atoms with E-state index in [4.69, 9.17) is 0 Å². The third kappa shape index (κ3) is 16.7. The maximum Gasteiger partial charge on any atom is 0.252 e. The van der Waals surface area contributed by atoms with E-state index < -0.39 is 96.8 Å². The van der Waals surface area contributed by atoms with Crippen LogP contribution in [-0.4, -0.2) is 105 Å². The van der Waals surface area contributed by atoms with Gasteiger partial charge < -0.3 is 36.6 Å². The lowest BCUT2D eigenvalue weighted by molar-refractivity contribution is -0.156.